The molecule has 1 aromatic carbocycles. The summed E-state index contributed by atoms with van der Waals surface area (Å²) in [4.78, 5) is 16.2. The standard InChI is InChI=1S/C16H16N6O2/c23-15(17-11-6-4-5-7-11)16-18-14(20-24-16)13-10-22(21-19-13)12-8-2-1-3-9-12/h1-3,8-11H,4-7H2,(H,17,23). The number of aromatic nitrogens is 5. The Kier molecular flexibility index (Phi) is 3.78. The molecule has 0 spiro atoms. The number of hydrogen-bond donors (Lipinski definition) is 1. The van der Waals surface area contributed by atoms with Crippen molar-refractivity contribution in [2.75, 3.05) is 0 Å². The first kappa shape index (κ1) is 14.6. The molecular weight excluding hydrogens is 308 g/mol. The van der Waals surface area contributed by atoms with Crippen LogP contribution < -0.4 is 5.32 Å². The normalized spacial score (nSPS) is 14.8. The summed E-state index contributed by atoms with van der Waals surface area (Å²) in [6, 6.07) is 9.78. The first-order valence-electron chi connectivity index (χ1n) is 7.92. The highest BCUT2D eigenvalue weighted by Gasteiger charge is 2.22. The Hall–Kier alpha value is -3.03. The van der Waals surface area contributed by atoms with Crippen LogP contribution in [-0.4, -0.2) is 37.1 Å². The van der Waals surface area contributed by atoms with E-state index >= 15 is 0 Å². The van der Waals surface area contributed by atoms with Crippen molar-refractivity contribution in [3.05, 3.63) is 42.4 Å². The van der Waals surface area contributed by atoms with E-state index in [1.54, 1.807) is 10.9 Å². The number of benzene rings is 1. The Labute approximate surface area is 137 Å². The average Bonchev–Trinajstić information content (AvgIpc) is 3.36. The summed E-state index contributed by atoms with van der Waals surface area (Å²) in [6.45, 7) is 0. The molecule has 0 bridgehead atoms. The maximum absolute atomic E-state index is 12.1. The van der Waals surface area contributed by atoms with Gasteiger partial charge in [0.25, 0.3) is 0 Å². The summed E-state index contributed by atoms with van der Waals surface area (Å²) < 4.78 is 6.67. The number of hydrogen-bond acceptors (Lipinski definition) is 6. The molecule has 0 radical (unpaired) electrons. The first-order chi connectivity index (χ1) is 11.8. The van der Waals surface area contributed by atoms with Crippen molar-refractivity contribution >= 4 is 5.91 Å². The van der Waals surface area contributed by atoms with Gasteiger partial charge in [0, 0.05) is 6.04 Å². The van der Waals surface area contributed by atoms with Gasteiger partial charge in [-0.2, -0.15) is 4.98 Å². The van der Waals surface area contributed by atoms with Crippen LogP contribution in [0.1, 0.15) is 36.4 Å². The lowest BCUT2D eigenvalue weighted by atomic mass is 10.2. The zero-order valence-electron chi connectivity index (χ0n) is 12.9. The van der Waals surface area contributed by atoms with Gasteiger partial charge in [-0.25, -0.2) is 4.68 Å². The van der Waals surface area contributed by atoms with E-state index in [0.29, 0.717) is 5.69 Å². The minimum Gasteiger partial charge on any atom is -0.345 e. The van der Waals surface area contributed by atoms with E-state index in [0.717, 1.165) is 31.4 Å². The molecule has 1 saturated carbocycles. The predicted molar refractivity (Wildman–Crippen MR) is 84.4 cm³/mol. The van der Waals surface area contributed by atoms with Crippen LogP contribution in [0.2, 0.25) is 0 Å². The van der Waals surface area contributed by atoms with E-state index in [1.165, 1.54) is 0 Å². The number of carbonyl (C=O) groups is 1. The van der Waals surface area contributed by atoms with Crippen molar-refractivity contribution in [3.63, 3.8) is 0 Å². The molecule has 0 atom stereocenters. The third kappa shape index (κ3) is 2.90. The number of nitrogens with one attached hydrogen (secondary N) is 1. The number of para-hydroxylation sites is 1. The molecule has 2 heterocycles. The molecule has 1 fully saturated rings. The molecule has 8 nitrogen and oxygen atoms in total. The van der Waals surface area contributed by atoms with E-state index in [4.69, 9.17) is 4.52 Å². The Balaban J connectivity index is 1.50. The van der Waals surface area contributed by atoms with E-state index in [9.17, 15) is 4.79 Å². The minimum absolute atomic E-state index is 0.0499. The van der Waals surface area contributed by atoms with Crippen LogP contribution in [0.3, 0.4) is 0 Å². The Morgan fingerprint density at radius 1 is 1.21 bits per heavy atom. The average molecular weight is 324 g/mol. The highest BCUT2D eigenvalue weighted by molar-refractivity contribution is 5.90. The van der Waals surface area contributed by atoms with Crippen LogP contribution in [-0.2, 0) is 0 Å². The van der Waals surface area contributed by atoms with Gasteiger partial charge in [0.15, 0.2) is 5.69 Å². The summed E-state index contributed by atoms with van der Waals surface area (Å²) in [7, 11) is 0. The first-order valence-corrected chi connectivity index (χ1v) is 7.92. The summed E-state index contributed by atoms with van der Waals surface area (Å²) in [6.07, 6.45) is 5.97. The third-order valence-corrected chi connectivity index (χ3v) is 4.05. The summed E-state index contributed by atoms with van der Waals surface area (Å²) >= 11 is 0. The zero-order chi connectivity index (χ0) is 16.4. The molecule has 1 N–H and O–H groups in total. The van der Waals surface area contributed by atoms with Crippen molar-refractivity contribution in [2.24, 2.45) is 0 Å². The quantitative estimate of drug-likeness (QED) is 0.788. The number of carbonyl (C=O) groups excluding carboxylic acids is 1. The number of rotatable bonds is 4. The molecule has 1 aliphatic rings. The highest BCUT2D eigenvalue weighted by Crippen LogP contribution is 2.19. The molecule has 24 heavy (non-hydrogen) atoms. The van der Waals surface area contributed by atoms with Crippen LogP contribution in [0.4, 0.5) is 0 Å². The summed E-state index contributed by atoms with van der Waals surface area (Å²) in [5.74, 6) is -0.143. The fourth-order valence-electron chi connectivity index (χ4n) is 2.81. The molecule has 8 heteroatoms. The van der Waals surface area contributed by atoms with Gasteiger partial charge >= 0.3 is 11.8 Å². The lowest BCUT2D eigenvalue weighted by Gasteiger charge is -2.08. The summed E-state index contributed by atoms with van der Waals surface area (Å²) in [5.41, 5.74) is 1.32. The van der Waals surface area contributed by atoms with Gasteiger partial charge in [0.05, 0.1) is 11.9 Å². The van der Waals surface area contributed by atoms with Gasteiger partial charge in [-0.3, -0.25) is 4.79 Å². The molecule has 0 unspecified atom stereocenters. The lowest BCUT2D eigenvalue weighted by molar-refractivity contribution is 0.0893. The van der Waals surface area contributed by atoms with Crippen molar-refractivity contribution in [3.8, 4) is 17.2 Å². The zero-order valence-corrected chi connectivity index (χ0v) is 12.9. The molecule has 1 aliphatic carbocycles. The number of nitrogens with zero attached hydrogens (tertiary/aromatic N) is 5. The van der Waals surface area contributed by atoms with Crippen LogP contribution in [0.25, 0.3) is 17.2 Å². The second-order valence-electron chi connectivity index (χ2n) is 5.76. The third-order valence-electron chi connectivity index (χ3n) is 4.05. The highest BCUT2D eigenvalue weighted by atomic mass is 16.5. The van der Waals surface area contributed by atoms with Crippen LogP contribution in [0, 0.1) is 0 Å². The maximum atomic E-state index is 12.1. The van der Waals surface area contributed by atoms with Crippen molar-refractivity contribution in [2.45, 2.75) is 31.7 Å². The minimum atomic E-state index is -0.337. The second-order valence-corrected chi connectivity index (χ2v) is 5.76. The predicted octanol–water partition coefficient (Wildman–Crippen LogP) is 1.99. The van der Waals surface area contributed by atoms with Crippen LogP contribution >= 0.6 is 0 Å². The molecular formula is C16H16N6O2. The fraction of sp³-hybridized carbons (Fsp3) is 0.312. The van der Waals surface area contributed by atoms with E-state index in [1.807, 2.05) is 30.3 Å². The van der Waals surface area contributed by atoms with Gasteiger partial charge < -0.3 is 9.84 Å². The lowest BCUT2D eigenvalue weighted by Crippen LogP contribution is -2.32. The molecule has 4 rings (SSSR count). The van der Waals surface area contributed by atoms with Crippen LogP contribution in [0.5, 0.6) is 0 Å². The number of amides is 1. The van der Waals surface area contributed by atoms with Crippen LogP contribution in [0.15, 0.2) is 41.1 Å². The van der Waals surface area contributed by atoms with Gasteiger partial charge in [0.1, 0.15) is 0 Å². The second kappa shape index (κ2) is 6.23. The van der Waals surface area contributed by atoms with E-state index in [2.05, 4.69) is 25.8 Å². The van der Waals surface area contributed by atoms with Gasteiger partial charge in [0.2, 0.25) is 5.82 Å². The monoisotopic (exact) mass is 324 g/mol. The van der Waals surface area contributed by atoms with E-state index in [-0.39, 0.29) is 23.7 Å². The molecule has 122 valence electrons. The molecule has 2 aromatic heterocycles. The summed E-state index contributed by atoms with van der Waals surface area (Å²) in [5, 5.41) is 14.8. The Bertz CT molecular complexity index is 835. The van der Waals surface area contributed by atoms with Crippen molar-refractivity contribution < 1.29 is 9.32 Å². The van der Waals surface area contributed by atoms with Gasteiger partial charge in [-0.1, -0.05) is 41.4 Å². The van der Waals surface area contributed by atoms with Gasteiger partial charge in [-0.15, -0.1) is 5.10 Å². The molecule has 3 aromatic rings. The largest absolute Gasteiger partial charge is 0.345 e. The topological polar surface area (TPSA) is 98.7 Å². The maximum Gasteiger partial charge on any atom is 0.316 e. The molecule has 0 aliphatic heterocycles. The fourth-order valence-corrected chi connectivity index (χ4v) is 2.81. The molecule has 1 amide bonds. The van der Waals surface area contributed by atoms with Gasteiger partial charge in [-0.05, 0) is 25.0 Å². The van der Waals surface area contributed by atoms with Crippen molar-refractivity contribution in [1.82, 2.24) is 30.5 Å². The smallest absolute Gasteiger partial charge is 0.316 e. The molecule has 0 saturated heterocycles. The Morgan fingerprint density at radius 3 is 2.79 bits per heavy atom. The van der Waals surface area contributed by atoms with Crippen molar-refractivity contribution in [1.29, 1.82) is 0 Å². The SMILES string of the molecule is O=C(NC1CCCC1)c1nc(-c2cn(-c3ccccc3)nn2)no1. The van der Waals surface area contributed by atoms with E-state index < -0.39 is 0 Å². The Morgan fingerprint density at radius 2 is 2.00 bits per heavy atom.